The van der Waals surface area contributed by atoms with Crippen LogP contribution in [0.25, 0.3) is 11.1 Å². The molecule has 0 bridgehead atoms. The van der Waals surface area contributed by atoms with Crippen LogP contribution in [-0.4, -0.2) is 19.0 Å². The number of hydrogen-bond donors (Lipinski definition) is 0. The van der Waals surface area contributed by atoms with Crippen molar-refractivity contribution < 1.29 is 9.53 Å². The van der Waals surface area contributed by atoms with Gasteiger partial charge in [0, 0.05) is 13.0 Å². The first-order valence-electron chi connectivity index (χ1n) is 11.4. The van der Waals surface area contributed by atoms with Gasteiger partial charge in [-0.1, -0.05) is 95.0 Å². The molecule has 0 aliphatic heterocycles. The van der Waals surface area contributed by atoms with Crippen molar-refractivity contribution >= 4 is 5.78 Å². The Balaban J connectivity index is 1.82. The van der Waals surface area contributed by atoms with E-state index in [-0.39, 0.29) is 0 Å². The minimum Gasteiger partial charge on any atom is -0.380 e. The first-order valence-corrected chi connectivity index (χ1v) is 11.4. The van der Waals surface area contributed by atoms with E-state index < -0.39 is 5.41 Å². The van der Waals surface area contributed by atoms with E-state index in [1.54, 1.807) is 0 Å². The zero-order valence-electron chi connectivity index (χ0n) is 18.4. The summed E-state index contributed by atoms with van der Waals surface area (Å²) in [7, 11) is 0. The molecule has 0 spiro atoms. The monoisotopic (exact) mass is 392 g/mol. The van der Waals surface area contributed by atoms with Crippen molar-refractivity contribution in [3.63, 3.8) is 0 Å². The first kappa shape index (κ1) is 21.8. The molecule has 2 aromatic rings. The molecule has 0 N–H and O–H groups in total. The standard InChI is InChI=1S/C27H36O2/c1-4-19-29-20-27(26(28)18-8-6-5-7-13-21(2)3)24-16-11-9-14-22(24)23-15-10-12-17-25(23)27/h9-12,14-17,21H,4-8,13,18-20H2,1-3H3. The van der Waals surface area contributed by atoms with Crippen LogP contribution in [0.4, 0.5) is 0 Å². The van der Waals surface area contributed by atoms with Gasteiger partial charge >= 0.3 is 0 Å². The molecule has 0 aromatic heterocycles. The van der Waals surface area contributed by atoms with E-state index in [9.17, 15) is 4.79 Å². The molecular weight excluding hydrogens is 356 g/mol. The number of unbranched alkanes of at least 4 members (excludes halogenated alkanes) is 3. The predicted molar refractivity (Wildman–Crippen MR) is 121 cm³/mol. The predicted octanol–water partition coefficient (Wildman–Crippen LogP) is 6.95. The fraction of sp³-hybridized carbons (Fsp3) is 0.519. The number of carbonyl (C=O) groups excluding carboxylic acids is 1. The smallest absolute Gasteiger partial charge is 0.150 e. The van der Waals surface area contributed by atoms with Gasteiger partial charge in [-0.05, 0) is 41.0 Å². The molecule has 0 saturated carbocycles. The van der Waals surface area contributed by atoms with E-state index in [1.807, 2.05) is 0 Å². The van der Waals surface area contributed by atoms with E-state index in [2.05, 4.69) is 69.3 Å². The van der Waals surface area contributed by atoms with Gasteiger partial charge in [-0.2, -0.15) is 0 Å². The van der Waals surface area contributed by atoms with Crippen molar-refractivity contribution in [2.75, 3.05) is 13.2 Å². The maximum absolute atomic E-state index is 13.7. The van der Waals surface area contributed by atoms with E-state index in [1.165, 1.54) is 30.4 Å². The third kappa shape index (κ3) is 4.64. The average Bonchev–Trinajstić information content (AvgIpc) is 3.02. The van der Waals surface area contributed by atoms with Crippen LogP contribution in [0.5, 0.6) is 0 Å². The van der Waals surface area contributed by atoms with Gasteiger partial charge in [-0.15, -0.1) is 0 Å². The topological polar surface area (TPSA) is 26.3 Å². The minimum atomic E-state index is -0.652. The fourth-order valence-electron chi connectivity index (χ4n) is 4.64. The summed E-state index contributed by atoms with van der Waals surface area (Å²) in [5.74, 6) is 1.08. The Kier molecular flexibility index (Phi) is 7.66. The summed E-state index contributed by atoms with van der Waals surface area (Å²) in [4.78, 5) is 13.7. The molecule has 156 valence electrons. The van der Waals surface area contributed by atoms with Gasteiger partial charge in [0.25, 0.3) is 0 Å². The second kappa shape index (κ2) is 10.2. The molecule has 1 aliphatic carbocycles. The van der Waals surface area contributed by atoms with E-state index >= 15 is 0 Å². The van der Waals surface area contributed by atoms with Crippen LogP contribution in [0.3, 0.4) is 0 Å². The number of ether oxygens (including phenoxy) is 1. The van der Waals surface area contributed by atoms with Gasteiger partial charge in [-0.25, -0.2) is 0 Å². The number of fused-ring (bicyclic) bond motifs is 3. The highest BCUT2D eigenvalue weighted by atomic mass is 16.5. The highest BCUT2D eigenvalue weighted by molar-refractivity contribution is 6.01. The molecule has 2 nitrogen and oxygen atoms in total. The molecular formula is C27H36O2. The number of hydrogen-bond acceptors (Lipinski definition) is 2. The third-order valence-electron chi connectivity index (χ3n) is 6.14. The van der Waals surface area contributed by atoms with Crippen molar-refractivity contribution in [1.29, 1.82) is 0 Å². The normalized spacial score (nSPS) is 14.1. The Hall–Kier alpha value is -1.93. The second-order valence-corrected chi connectivity index (χ2v) is 8.82. The highest BCUT2D eigenvalue weighted by Gasteiger charge is 2.48. The molecule has 0 heterocycles. The van der Waals surface area contributed by atoms with Gasteiger partial charge in [0.15, 0.2) is 0 Å². The van der Waals surface area contributed by atoms with E-state index in [4.69, 9.17) is 4.74 Å². The fourth-order valence-corrected chi connectivity index (χ4v) is 4.64. The maximum atomic E-state index is 13.7. The summed E-state index contributed by atoms with van der Waals surface area (Å²) in [6, 6.07) is 16.8. The van der Waals surface area contributed by atoms with Crippen LogP contribution in [0.1, 0.15) is 76.8 Å². The molecule has 29 heavy (non-hydrogen) atoms. The third-order valence-corrected chi connectivity index (χ3v) is 6.14. The van der Waals surface area contributed by atoms with Crippen molar-refractivity contribution in [3.05, 3.63) is 59.7 Å². The van der Waals surface area contributed by atoms with Crippen LogP contribution in [0.2, 0.25) is 0 Å². The number of rotatable bonds is 12. The molecule has 0 saturated heterocycles. The molecule has 0 fully saturated rings. The van der Waals surface area contributed by atoms with Crippen molar-refractivity contribution in [3.8, 4) is 11.1 Å². The minimum absolute atomic E-state index is 0.315. The summed E-state index contributed by atoms with van der Waals surface area (Å²) >= 11 is 0. The summed E-state index contributed by atoms with van der Waals surface area (Å²) in [5, 5.41) is 0. The van der Waals surface area contributed by atoms with Gasteiger partial charge in [0.2, 0.25) is 0 Å². The van der Waals surface area contributed by atoms with E-state index in [0.717, 1.165) is 36.3 Å². The largest absolute Gasteiger partial charge is 0.380 e. The zero-order chi connectivity index (χ0) is 20.7. The van der Waals surface area contributed by atoms with Crippen LogP contribution >= 0.6 is 0 Å². The van der Waals surface area contributed by atoms with E-state index in [0.29, 0.717) is 25.4 Å². The Labute approximate surface area is 176 Å². The first-order chi connectivity index (χ1) is 14.1. The second-order valence-electron chi connectivity index (χ2n) is 8.82. The van der Waals surface area contributed by atoms with Crippen LogP contribution in [-0.2, 0) is 14.9 Å². The summed E-state index contributed by atoms with van der Waals surface area (Å²) in [5.41, 5.74) is 3.98. The zero-order valence-corrected chi connectivity index (χ0v) is 18.4. The molecule has 3 rings (SSSR count). The lowest BCUT2D eigenvalue weighted by molar-refractivity contribution is -0.125. The Bertz CT molecular complexity index is 760. The Morgan fingerprint density at radius 3 is 2.07 bits per heavy atom. The molecule has 1 aliphatic rings. The molecule has 2 aromatic carbocycles. The number of benzene rings is 2. The van der Waals surface area contributed by atoms with Crippen molar-refractivity contribution in [1.82, 2.24) is 0 Å². The number of Topliss-reactive ketones (excluding diaryl/α,β-unsaturated/α-hetero) is 1. The van der Waals surface area contributed by atoms with Gasteiger partial charge in [-0.3, -0.25) is 4.79 Å². The summed E-state index contributed by atoms with van der Waals surface area (Å²) in [6.45, 7) is 7.80. The Morgan fingerprint density at radius 2 is 1.48 bits per heavy atom. The summed E-state index contributed by atoms with van der Waals surface area (Å²) < 4.78 is 6.06. The van der Waals surface area contributed by atoms with Crippen LogP contribution in [0, 0.1) is 5.92 Å². The quantitative estimate of drug-likeness (QED) is 0.365. The maximum Gasteiger partial charge on any atom is 0.150 e. The van der Waals surface area contributed by atoms with Crippen LogP contribution < -0.4 is 0 Å². The summed E-state index contributed by atoms with van der Waals surface area (Å²) in [6.07, 6.45) is 7.46. The lowest BCUT2D eigenvalue weighted by Gasteiger charge is -2.30. The molecule has 0 atom stereocenters. The van der Waals surface area contributed by atoms with Gasteiger partial charge in [0.05, 0.1) is 6.61 Å². The Morgan fingerprint density at radius 1 is 0.897 bits per heavy atom. The lowest BCUT2D eigenvalue weighted by Crippen LogP contribution is -2.40. The highest BCUT2D eigenvalue weighted by Crippen LogP contribution is 2.50. The van der Waals surface area contributed by atoms with Gasteiger partial charge in [0.1, 0.15) is 11.2 Å². The molecule has 2 heteroatoms. The van der Waals surface area contributed by atoms with Crippen molar-refractivity contribution in [2.45, 2.75) is 71.1 Å². The molecule has 0 amide bonds. The molecule has 0 radical (unpaired) electrons. The lowest BCUT2D eigenvalue weighted by atomic mass is 9.73. The van der Waals surface area contributed by atoms with Crippen molar-refractivity contribution in [2.24, 2.45) is 5.92 Å². The number of ketones is 1. The van der Waals surface area contributed by atoms with Gasteiger partial charge < -0.3 is 4.74 Å². The van der Waals surface area contributed by atoms with Crippen LogP contribution in [0.15, 0.2) is 48.5 Å². The molecule has 0 unspecified atom stereocenters. The average molecular weight is 393 g/mol. The number of carbonyl (C=O) groups is 1. The SMILES string of the molecule is CCCOCC1(C(=O)CCCCCCC(C)C)c2ccccc2-c2ccccc21.